The molecule has 1 nitrogen and oxygen atoms in total. The highest BCUT2D eigenvalue weighted by Crippen LogP contribution is 2.13. The smallest absolute Gasteiger partial charge is 0.0645 e. The Morgan fingerprint density at radius 2 is 1.93 bits per heavy atom. The number of rotatable bonds is 0. The number of allylic oxidation sites excluding steroid dienone is 4. The third kappa shape index (κ3) is 2.53. The quantitative estimate of drug-likeness (QED) is 0.601. The van der Waals surface area contributed by atoms with Gasteiger partial charge in [-0.1, -0.05) is 49.1 Å². The van der Waals surface area contributed by atoms with Crippen molar-refractivity contribution in [3.63, 3.8) is 0 Å². The van der Waals surface area contributed by atoms with E-state index in [1.54, 1.807) is 0 Å². The highest BCUT2D eigenvalue weighted by molar-refractivity contribution is 5.73. The molecule has 2 rings (SSSR count). The fourth-order valence-corrected chi connectivity index (χ4v) is 1.47. The van der Waals surface area contributed by atoms with Crippen molar-refractivity contribution in [2.24, 2.45) is 4.99 Å². The Labute approximate surface area is 90.2 Å². The third-order valence-corrected chi connectivity index (χ3v) is 2.30. The van der Waals surface area contributed by atoms with Crippen LogP contribution < -0.4 is 0 Å². The van der Waals surface area contributed by atoms with Crippen molar-refractivity contribution in [1.82, 2.24) is 0 Å². The molecule has 0 amide bonds. The van der Waals surface area contributed by atoms with E-state index in [2.05, 4.69) is 29.8 Å². The first kappa shape index (κ1) is 9.66. The lowest BCUT2D eigenvalue weighted by molar-refractivity contribution is 1.07. The second-order valence-corrected chi connectivity index (χ2v) is 3.46. The SMILES string of the molecule is C=C1/C=C\C=NCc2ccccc2/C=C\1. The summed E-state index contributed by atoms with van der Waals surface area (Å²) in [5.74, 6) is 0. The van der Waals surface area contributed by atoms with E-state index in [1.807, 2.05) is 36.6 Å². The second-order valence-electron chi connectivity index (χ2n) is 3.46. The van der Waals surface area contributed by atoms with Crippen LogP contribution in [0.25, 0.3) is 6.08 Å². The van der Waals surface area contributed by atoms with Gasteiger partial charge in [0.2, 0.25) is 0 Å². The van der Waals surface area contributed by atoms with Crippen LogP contribution >= 0.6 is 0 Å². The molecule has 1 heteroatoms. The number of hydrogen-bond donors (Lipinski definition) is 0. The molecule has 0 N–H and O–H groups in total. The van der Waals surface area contributed by atoms with Gasteiger partial charge < -0.3 is 0 Å². The zero-order valence-corrected chi connectivity index (χ0v) is 8.56. The first-order valence-corrected chi connectivity index (χ1v) is 4.97. The van der Waals surface area contributed by atoms with Gasteiger partial charge >= 0.3 is 0 Å². The van der Waals surface area contributed by atoms with Crippen LogP contribution in [0.4, 0.5) is 0 Å². The molecule has 0 unspecified atom stereocenters. The molecule has 0 spiro atoms. The Bertz CT molecular complexity index is 450. The van der Waals surface area contributed by atoms with Crippen molar-refractivity contribution < 1.29 is 0 Å². The third-order valence-electron chi connectivity index (χ3n) is 2.30. The summed E-state index contributed by atoms with van der Waals surface area (Å²) >= 11 is 0. The zero-order chi connectivity index (χ0) is 10.5. The summed E-state index contributed by atoms with van der Waals surface area (Å²) in [5, 5.41) is 0. The van der Waals surface area contributed by atoms with E-state index in [1.165, 1.54) is 11.1 Å². The summed E-state index contributed by atoms with van der Waals surface area (Å²) in [6.07, 6.45) is 9.80. The summed E-state index contributed by atoms with van der Waals surface area (Å²) < 4.78 is 0. The lowest BCUT2D eigenvalue weighted by Crippen LogP contribution is -1.87. The van der Waals surface area contributed by atoms with Gasteiger partial charge in [0.15, 0.2) is 0 Å². The van der Waals surface area contributed by atoms with Gasteiger partial charge in [-0.2, -0.15) is 0 Å². The van der Waals surface area contributed by atoms with Gasteiger partial charge in [-0.25, -0.2) is 0 Å². The number of nitrogens with zero attached hydrogens (tertiary/aromatic N) is 1. The summed E-state index contributed by atoms with van der Waals surface area (Å²) in [5.41, 5.74) is 3.44. The first-order chi connectivity index (χ1) is 7.36. The zero-order valence-electron chi connectivity index (χ0n) is 8.56. The Kier molecular flexibility index (Phi) is 2.93. The summed E-state index contributed by atoms with van der Waals surface area (Å²) in [4.78, 5) is 4.32. The number of hydrogen-bond acceptors (Lipinski definition) is 1. The van der Waals surface area contributed by atoms with Gasteiger partial charge in [-0.05, 0) is 22.8 Å². The van der Waals surface area contributed by atoms with E-state index in [9.17, 15) is 0 Å². The summed E-state index contributed by atoms with van der Waals surface area (Å²) in [6, 6.07) is 8.28. The van der Waals surface area contributed by atoms with Crippen LogP contribution in [0.3, 0.4) is 0 Å². The van der Waals surface area contributed by atoms with E-state index in [4.69, 9.17) is 0 Å². The summed E-state index contributed by atoms with van der Waals surface area (Å²) in [6.45, 7) is 4.66. The Hall–Kier alpha value is -1.89. The molecule has 0 saturated carbocycles. The molecule has 0 aliphatic carbocycles. The van der Waals surface area contributed by atoms with Gasteiger partial charge in [0.1, 0.15) is 0 Å². The highest BCUT2D eigenvalue weighted by Gasteiger charge is 1.97. The number of aliphatic imine (C=N–C) groups is 1. The van der Waals surface area contributed by atoms with Crippen molar-refractivity contribution in [2.45, 2.75) is 6.54 Å². The van der Waals surface area contributed by atoms with Crippen molar-refractivity contribution in [2.75, 3.05) is 0 Å². The molecule has 0 bridgehead atoms. The lowest BCUT2D eigenvalue weighted by Gasteiger charge is -2.03. The monoisotopic (exact) mass is 195 g/mol. The number of fused-ring (bicyclic) bond motifs is 1. The lowest BCUT2D eigenvalue weighted by atomic mass is 10.1. The molecule has 0 atom stereocenters. The first-order valence-electron chi connectivity index (χ1n) is 4.97. The number of benzene rings is 1. The highest BCUT2D eigenvalue weighted by atomic mass is 14.7. The minimum Gasteiger partial charge on any atom is -0.288 e. The Morgan fingerprint density at radius 1 is 1.07 bits per heavy atom. The second kappa shape index (κ2) is 4.56. The van der Waals surface area contributed by atoms with Gasteiger partial charge in [0.25, 0.3) is 0 Å². The predicted molar refractivity (Wildman–Crippen MR) is 66.0 cm³/mol. The van der Waals surface area contributed by atoms with Crippen LogP contribution in [0.2, 0.25) is 0 Å². The Balaban J connectivity index is 2.41. The van der Waals surface area contributed by atoms with Crippen molar-refractivity contribution in [3.8, 4) is 0 Å². The van der Waals surface area contributed by atoms with Gasteiger partial charge in [0.05, 0.1) is 6.54 Å². The molecule has 0 aromatic heterocycles. The maximum atomic E-state index is 4.32. The van der Waals surface area contributed by atoms with Crippen molar-refractivity contribution >= 4 is 12.3 Å². The normalized spacial score (nSPS) is 19.3. The molecular weight excluding hydrogens is 182 g/mol. The summed E-state index contributed by atoms with van der Waals surface area (Å²) in [7, 11) is 0. The van der Waals surface area contributed by atoms with E-state index in [-0.39, 0.29) is 0 Å². The van der Waals surface area contributed by atoms with Crippen LogP contribution in [0, 0.1) is 0 Å². The van der Waals surface area contributed by atoms with E-state index in [0.29, 0.717) is 0 Å². The maximum Gasteiger partial charge on any atom is 0.0645 e. The van der Waals surface area contributed by atoms with Crippen LogP contribution in [0.5, 0.6) is 0 Å². The molecule has 15 heavy (non-hydrogen) atoms. The molecule has 1 aliphatic rings. The van der Waals surface area contributed by atoms with Crippen LogP contribution in [-0.4, -0.2) is 6.21 Å². The molecule has 1 aromatic carbocycles. The molecule has 0 saturated heterocycles. The van der Waals surface area contributed by atoms with Crippen LogP contribution in [-0.2, 0) is 6.54 Å². The standard InChI is InChI=1S/C14H13N/c1-12-5-4-10-15-11-14-7-3-2-6-13(14)9-8-12/h2-10H,1,11H2/b5-4-,9-8-,15-10?. The van der Waals surface area contributed by atoms with Crippen molar-refractivity contribution in [3.05, 3.63) is 65.8 Å². The minimum absolute atomic E-state index is 0.733. The molecule has 1 heterocycles. The van der Waals surface area contributed by atoms with E-state index < -0.39 is 0 Å². The topological polar surface area (TPSA) is 12.4 Å². The van der Waals surface area contributed by atoms with Gasteiger partial charge in [0, 0.05) is 6.21 Å². The molecule has 0 fully saturated rings. The average Bonchev–Trinajstić information content (AvgIpc) is 2.27. The van der Waals surface area contributed by atoms with Gasteiger partial charge in [-0.15, -0.1) is 0 Å². The van der Waals surface area contributed by atoms with Crippen molar-refractivity contribution in [1.29, 1.82) is 0 Å². The maximum absolute atomic E-state index is 4.32. The molecule has 74 valence electrons. The van der Waals surface area contributed by atoms with Crippen LogP contribution in [0.15, 0.2) is 59.6 Å². The fourth-order valence-electron chi connectivity index (χ4n) is 1.47. The molecule has 0 radical (unpaired) electrons. The minimum atomic E-state index is 0.733. The molecule has 1 aromatic rings. The van der Waals surface area contributed by atoms with Gasteiger partial charge in [-0.3, -0.25) is 4.99 Å². The predicted octanol–water partition coefficient (Wildman–Crippen LogP) is 3.40. The van der Waals surface area contributed by atoms with E-state index >= 15 is 0 Å². The van der Waals surface area contributed by atoms with Crippen LogP contribution in [0.1, 0.15) is 11.1 Å². The largest absolute Gasteiger partial charge is 0.288 e. The molecule has 1 aliphatic heterocycles. The Morgan fingerprint density at radius 3 is 2.87 bits per heavy atom. The fraction of sp³-hybridized carbons (Fsp3) is 0.0714. The molecular formula is C14H13N. The average molecular weight is 195 g/mol. The van der Waals surface area contributed by atoms with E-state index in [0.717, 1.165) is 12.1 Å².